The molecule has 1 heterocycles. The molecule has 1 aliphatic rings. The van der Waals surface area contributed by atoms with Crippen molar-refractivity contribution in [3.8, 4) is 17.2 Å². The number of nitrogen functional groups attached to an aromatic ring is 1. The van der Waals surface area contributed by atoms with Crippen molar-refractivity contribution in [2.45, 2.75) is 40.2 Å². The Kier molecular flexibility index (Phi) is 13.6. The summed E-state index contributed by atoms with van der Waals surface area (Å²) in [5, 5.41) is 20.1. The van der Waals surface area contributed by atoms with Crippen LogP contribution in [-0.2, 0) is 0 Å². The van der Waals surface area contributed by atoms with Crippen molar-refractivity contribution < 1.29 is 9.84 Å². The van der Waals surface area contributed by atoms with E-state index in [-0.39, 0.29) is 5.75 Å². The number of nitrogens with one attached hydrogen (secondary N) is 2. The highest BCUT2D eigenvalue weighted by molar-refractivity contribution is 5.82. The van der Waals surface area contributed by atoms with Gasteiger partial charge in [0.2, 0.25) is 0 Å². The molecule has 1 saturated heterocycles. The molecule has 0 aliphatic carbocycles. The van der Waals surface area contributed by atoms with Gasteiger partial charge in [0.15, 0.2) is 0 Å². The predicted octanol–water partition coefficient (Wildman–Crippen LogP) is 6.30. The fourth-order valence-electron chi connectivity index (χ4n) is 3.24. The van der Waals surface area contributed by atoms with Crippen LogP contribution in [0, 0.1) is 5.41 Å². The van der Waals surface area contributed by atoms with Crippen molar-refractivity contribution in [2.75, 3.05) is 30.8 Å². The minimum absolute atomic E-state index is 0.181. The highest BCUT2D eigenvalue weighted by atomic mass is 16.5. The number of phenols is 1. The van der Waals surface area contributed by atoms with Gasteiger partial charge in [-0.1, -0.05) is 45.9 Å². The van der Waals surface area contributed by atoms with Crippen molar-refractivity contribution in [3.05, 3.63) is 78.4 Å². The minimum Gasteiger partial charge on any atom is -0.507 e. The van der Waals surface area contributed by atoms with Gasteiger partial charge < -0.3 is 31.2 Å². The average molecular weight is 465 g/mol. The second kappa shape index (κ2) is 16.2. The number of hydrogen-bond acceptors (Lipinski definition) is 6. The summed E-state index contributed by atoms with van der Waals surface area (Å²) in [6, 6.07) is 23.0. The second-order valence-corrected chi connectivity index (χ2v) is 7.09. The minimum atomic E-state index is 0.181. The molecular weight excluding hydrogens is 424 g/mol. The van der Waals surface area contributed by atoms with Gasteiger partial charge in [-0.2, -0.15) is 0 Å². The predicted molar refractivity (Wildman–Crippen MR) is 146 cm³/mol. The number of rotatable bonds is 5. The maximum atomic E-state index is 9.68. The number of nitrogens with two attached hydrogens (primary N) is 1. The lowest BCUT2D eigenvalue weighted by molar-refractivity contribution is 0.474. The van der Waals surface area contributed by atoms with E-state index in [1.807, 2.05) is 95.4 Å². The molecule has 3 aromatic carbocycles. The molecule has 0 saturated carbocycles. The van der Waals surface area contributed by atoms with E-state index in [0.717, 1.165) is 42.4 Å². The van der Waals surface area contributed by atoms with Crippen LogP contribution >= 0.6 is 0 Å². The van der Waals surface area contributed by atoms with Gasteiger partial charge in [-0.15, -0.1) is 0 Å². The second-order valence-electron chi connectivity index (χ2n) is 7.09. The molecule has 0 bridgehead atoms. The molecule has 6 nitrogen and oxygen atoms in total. The third-order valence-electron chi connectivity index (χ3n) is 4.99. The smallest absolute Gasteiger partial charge is 0.127 e. The van der Waals surface area contributed by atoms with Gasteiger partial charge >= 0.3 is 0 Å². The topological polar surface area (TPSA) is 94.6 Å². The van der Waals surface area contributed by atoms with E-state index in [4.69, 9.17) is 15.9 Å². The van der Waals surface area contributed by atoms with Crippen LogP contribution in [0.4, 0.5) is 11.4 Å². The number of para-hydroxylation sites is 1. The quantitative estimate of drug-likeness (QED) is 0.262. The number of benzene rings is 3. The molecule has 1 atom stereocenters. The van der Waals surface area contributed by atoms with Crippen LogP contribution in [0.5, 0.6) is 17.2 Å². The summed E-state index contributed by atoms with van der Waals surface area (Å²) in [5.41, 5.74) is 7.90. The van der Waals surface area contributed by atoms with Crippen LogP contribution < -0.4 is 20.7 Å². The molecule has 1 fully saturated rings. The standard InChI is InChI=1S/C12H17N3O.C12H11NO.2C2H6/c1-14-10-4-5-15(8-10)11-3-2-9(7-13)12(16)6-11;13-10-6-8-12(9-7-10)14-11-4-2-1-3-5-11;2*1-2/h2-3,6-7,10,13-14,16H,4-5,8H2,1H3;1-9H,13H2;2*1-2H3/t10-;;;/m1.../s1. The number of ether oxygens (including phenoxy) is 1. The molecule has 0 unspecified atom stereocenters. The molecule has 0 radical (unpaired) electrons. The van der Waals surface area contributed by atoms with Crippen molar-refractivity contribution in [2.24, 2.45) is 0 Å². The zero-order chi connectivity index (χ0) is 25.3. The number of nitrogens with zero attached hydrogens (tertiary/aromatic N) is 1. The number of hydrogen-bond donors (Lipinski definition) is 4. The Morgan fingerprint density at radius 2 is 1.59 bits per heavy atom. The zero-order valence-corrected chi connectivity index (χ0v) is 21.1. The summed E-state index contributed by atoms with van der Waals surface area (Å²) in [4.78, 5) is 2.24. The van der Waals surface area contributed by atoms with Crippen LogP contribution in [0.25, 0.3) is 0 Å². The van der Waals surface area contributed by atoms with Gasteiger partial charge in [-0.3, -0.25) is 0 Å². The van der Waals surface area contributed by atoms with Crippen molar-refractivity contribution >= 4 is 17.6 Å². The van der Waals surface area contributed by atoms with E-state index >= 15 is 0 Å². The first-order chi connectivity index (χ1) is 16.6. The summed E-state index contributed by atoms with van der Waals surface area (Å²) in [6.45, 7) is 9.98. The molecule has 0 amide bonds. The van der Waals surface area contributed by atoms with Crippen LogP contribution in [-0.4, -0.2) is 37.5 Å². The maximum absolute atomic E-state index is 9.68. The van der Waals surface area contributed by atoms with Crippen LogP contribution in [0.3, 0.4) is 0 Å². The monoisotopic (exact) mass is 464 g/mol. The van der Waals surface area contributed by atoms with Crippen molar-refractivity contribution in [1.82, 2.24) is 5.32 Å². The van der Waals surface area contributed by atoms with Crippen LogP contribution in [0.2, 0.25) is 0 Å². The summed E-state index contributed by atoms with van der Waals surface area (Å²) < 4.78 is 5.58. The molecule has 1 aliphatic heterocycles. The molecule has 184 valence electrons. The van der Waals surface area contributed by atoms with E-state index in [1.165, 1.54) is 6.21 Å². The maximum Gasteiger partial charge on any atom is 0.127 e. The van der Waals surface area contributed by atoms with E-state index in [1.54, 1.807) is 12.1 Å². The SMILES string of the molecule is CC.CC.CN[C@@H]1CCN(c2ccc(C=N)c(O)c2)C1.Nc1ccc(Oc2ccccc2)cc1. The lowest BCUT2D eigenvalue weighted by Crippen LogP contribution is -2.29. The van der Waals surface area contributed by atoms with Crippen molar-refractivity contribution in [1.29, 1.82) is 5.41 Å². The van der Waals surface area contributed by atoms with Crippen LogP contribution in [0.15, 0.2) is 72.8 Å². The summed E-state index contributed by atoms with van der Waals surface area (Å²) in [7, 11) is 1.98. The van der Waals surface area contributed by atoms with E-state index in [9.17, 15) is 5.11 Å². The molecule has 3 aromatic rings. The normalized spacial score (nSPS) is 13.8. The fraction of sp³-hybridized carbons (Fsp3) is 0.321. The highest BCUT2D eigenvalue weighted by Crippen LogP contribution is 2.26. The third-order valence-corrected chi connectivity index (χ3v) is 4.99. The van der Waals surface area contributed by atoms with E-state index in [0.29, 0.717) is 11.6 Å². The van der Waals surface area contributed by atoms with E-state index in [2.05, 4.69) is 10.2 Å². The van der Waals surface area contributed by atoms with Gasteiger partial charge in [0.25, 0.3) is 0 Å². The molecule has 0 aromatic heterocycles. The molecular formula is C28H40N4O2. The third kappa shape index (κ3) is 9.16. The lowest BCUT2D eigenvalue weighted by Gasteiger charge is -2.19. The van der Waals surface area contributed by atoms with Gasteiger partial charge in [-0.25, -0.2) is 0 Å². The van der Waals surface area contributed by atoms with E-state index < -0.39 is 0 Å². The van der Waals surface area contributed by atoms with Crippen molar-refractivity contribution in [3.63, 3.8) is 0 Å². The number of likely N-dealkylation sites (N-methyl/N-ethyl adjacent to an activating group) is 1. The highest BCUT2D eigenvalue weighted by Gasteiger charge is 2.21. The first-order valence-corrected chi connectivity index (χ1v) is 11.9. The van der Waals surface area contributed by atoms with Crippen LogP contribution in [0.1, 0.15) is 39.7 Å². The molecule has 5 N–H and O–H groups in total. The lowest BCUT2D eigenvalue weighted by atomic mass is 10.2. The molecule has 0 spiro atoms. The summed E-state index contributed by atoms with van der Waals surface area (Å²) in [6.07, 6.45) is 2.29. The summed E-state index contributed by atoms with van der Waals surface area (Å²) >= 11 is 0. The zero-order valence-electron chi connectivity index (χ0n) is 21.1. The van der Waals surface area contributed by atoms with Gasteiger partial charge in [0.05, 0.1) is 0 Å². The largest absolute Gasteiger partial charge is 0.507 e. The Bertz CT molecular complexity index is 946. The number of anilines is 2. The van der Waals surface area contributed by atoms with Gasteiger partial charge in [0, 0.05) is 48.4 Å². The Balaban J connectivity index is 0.000000299. The Morgan fingerprint density at radius 1 is 0.971 bits per heavy atom. The Morgan fingerprint density at radius 3 is 2.12 bits per heavy atom. The van der Waals surface area contributed by atoms with Gasteiger partial charge in [0.1, 0.15) is 17.2 Å². The first kappa shape index (κ1) is 28.5. The summed E-state index contributed by atoms with van der Waals surface area (Å²) in [5.74, 6) is 1.81. The Hall–Kier alpha value is -3.51. The number of phenolic OH excluding ortho intramolecular Hbond substituents is 1. The first-order valence-electron chi connectivity index (χ1n) is 11.9. The molecule has 4 rings (SSSR count). The Labute approximate surface area is 204 Å². The van der Waals surface area contributed by atoms with Gasteiger partial charge in [-0.05, 0) is 62.0 Å². The fourth-order valence-corrected chi connectivity index (χ4v) is 3.24. The number of aromatic hydroxyl groups is 1. The average Bonchev–Trinajstić information content (AvgIpc) is 3.38. The molecule has 34 heavy (non-hydrogen) atoms. The molecule has 6 heteroatoms.